The first-order chi connectivity index (χ1) is 14.5. The van der Waals surface area contributed by atoms with Crippen molar-refractivity contribution >= 4 is 17.5 Å². The number of carbonyl (C=O) groups excluding carboxylic acids is 2. The van der Waals surface area contributed by atoms with Crippen molar-refractivity contribution in [1.29, 1.82) is 0 Å². The molecule has 3 rings (SSSR count). The molecule has 5 nitrogen and oxygen atoms in total. The third kappa shape index (κ3) is 6.13. The normalized spacial score (nSPS) is 11.6. The molecule has 0 aliphatic carbocycles. The van der Waals surface area contributed by atoms with Gasteiger partial charge in [0.15, 0.2) is 0 Å². The minimum atomic E-state index is -2.92. The minimum Gasteiger partial charge on any atom is -0.435 e. The van der Waals surface area contributed by atoms with Crippen LogP contribution in [-0.2, 0) is 11.2 Å². The molecule has 0 radical (unpaired) electrons. The number of nitrogens with one attached hydrogen (secondary N) is 2. The maximum absolute atomic E-state index is 12.9. The topological polar surface area (TPSA) is 67.4 Å². The summed E-state index contributed by atoms with van der Waals surface area (Å²) < 4.78 is 28.8. The highest BCUT2D eigenvalue weighted by molar-refractivity contribution is 6.01. The molecule has 3 aromatic rings. The van der Waals surface area contributed by atoms with E-state index in [1.165, 1.54) is 24.3 Å². The van der Waals surface area contributed by atoms with Gasteiger partial charge in [0.05, 0.1) is 0 Å². The van der Waals surface area contributed by atoms with Crippen molar-refractivity contribution in [3.05, 3.63) is 96.1 Å². The van der Waals surface area contributed by atoms with Gasteiger partial charge in [-0.25, -0.2) is 0 Å². The van der Waals surface area contributed by atoms with E-state index in [1.807, 2.05) is 30.3 Å². The molecule has 7 heteroatoms. The molecule has 0 aliphatic rings. The van der Waals surface area contributed by atoms with Gasteiger partial charge in [-0.15, -0.1) is 0 Å². The third-order valence-electron chi connectivity index (χ3n) is 4.29. The van der Waals surface area contributed by atoms with Crippen LogP contribution >= 0.6 is 0 Å². The van der Waals surface area contributed by atoms with Crippen LogP contribution in [-0.4, -0.2) is 24.5 Å². The largest absolute Gasteiger partial charge is 0.435 e. The first-order valence-electron chi connectivity index (χ1n) is 9.27. The van der Waals surface area contributed by atoms with Crippen LogP contribution in [0.1, 0.15) is 15.9 Å². The molecule has 0 heterocycles. The molecule has 0 spiro atoms. The summed E-state index contributed by atoms with van der Waals surface area (Å²) in [5.74, 6) is -0.806. The fourth-order valence-electron chi connectivity index (χ4n) is 2.84. The summed E-state index contributed by atoms with van der Waals surface area (Å²) >= 11 is 0. The summed E-state index contributed by atoms with van der Waals surface area (Å²) in [5.41, 5.74) is 1.72. The monoisotopic (exact) mass is 410 g/mol. The second-order valence-corrected chi connectivity index (χ2v) is 6.47. The fraction of sp³-hybridized carbons (Fsp3) is 0.130. The molecule has 1 atom stereocenters. The van der Waals surface area contributed by atoms with Gasteiger partial charge in [0.25, 0.3) is 5.91 Å². The number of ether oxygens (including phenoxy) is 1. The van der Waals surface area contributed by atoms with Gasteiger partial charge in [0.1, 0.15) is 11.8 Å². The molecule has 0 saturated carbocycles. The summed E-state index contributed by atoms with van der Waals surface area (Å²) in [7, 11) is 0. The maximum Gasteiger partial charge on any atom is 0.387 e. The maximum atomic E-state index is 12.9. The van der Waals surface area contributed by atoms with E-state index >= 15 is 0 Å². The Morgan fingerprint density at radius 1 is 0.833 bits per heavy atom. The molecule has 2 amide bonds. The van der Waals surface area contributed by atoms with Crippen molar-refractivity contribution in [2.24, 2.45) is 0 Å². The van der Waals surface area contributed by atoms with E-state index in [-0.39, 0.29) is 18.1 Å². The second kappa shape index (κ2) is 10.2. The lowest BCUT2D eigenvalue weighted by atomic mass is 10.0. The molecule has 154 valence electrons. The third-order valence-corrected chi connectivity index (χ3v) is 4.29. The predicted molar refractivity (Wildman–Crippen MR) is 110 cm³/mol. The van der Waals surface area contributed by atoms with Crippen molar-refractivity contribution in [3.63, 3.8) is 0 Å². The smallest absolute Gasteiger partial charge is 0.387 e. The average Bonchev–Trinajstić information content (AvgIpc) is 2.75. The number of alkyl halides is 2. The molecule has 0 aliphatic heterocycles. The van der Waals surface area contributed by atoms with Gasteiger partial charge in [-0.2, -0.15) is 8.78 Å². The zero-order valence-corrected chi connectivity index (χ0v) is 15.9. The lowest BCUT2D eigenvalue weighted by Gasteiger charge is -2.19. The number of halogens is 2. The molecule has 2 N–H and O–H groups in total. The molecule has 30 heavy (non-hydrogen) atoms. The number of rotatable bonds is 8. The zero-order chi connectivity index (χ0) is 21.3. The Kier molecular flexibility index (Phi) is 7.10. The first-order valence-corrected chi connectivity index (χ1v) is 9.27. The van der Waals surface area contributed by atoms with Crippen LogP contribution in [0.5, 0.6) is 5.75 Å². The van der Waals surface area contributed by atoms with Crippen LogP contribution in [0, 0.1) is 0 Å². The SMILES string of the molecule is O=C(NC(Cc1ccccc1)C(=O)Nc1ccc(OC(F)F)cc1)c1ccccc1. The number of hydrogen-bond acceptors (Lipinski definition) is 3. The number of hydrogen-bond donors (Lipinski definition) is 2. The Bertz CT molecular complexity index is 965. The van der Waals surface area contributed by atoms with E-state index in [2.05, 4.69) is 15.4 Å². The predicted octanol–water partition coefficient (Wildman–Crippen LogP) is 4.27. The number of amides is 2. The highest BCUT2D eigenvalue weighted by Crippen LogP contribution is 2.18. The minimum absolute atomic E-state index is 0.0128. The van der Waals surface area contributed by atoms with Gasteiger partial charge in [0.2, 0.25) is 5.91 Å². The van der Waals surface area contributed by atoms with E-state index in [9.17, 15) is 18.4 Å². The summed E-state index contributed by atoms with van der Waals surface area (Å²) in [5, 5.41) is 5.47. The van der Waals surface area contributed by atoms with E-state index < -0.39 is 18.6 Å². The van der Waals surface area contributed by atoms with Gasteiger partial charge >= 0.3 is 6.61 Å². The van der Waals surface area contributed by atoms with Crippen molar-refractivity contribution < 1.29 is 23.1 Å². The standard InChI is InChI=1S/C23H20F2N2O3/c24-23(25)30-19-13-11-18(12-14-19)26-22(29)20(15-16-7-3-1-4-8-16)27-21(28)17-9-5-2-6-10-17/h1-14,20,23H,15H2,(H,26,29)(H,27,28). The zero-order valence-electron chi connectivity index (χ0n) is 15.9. The quantitative estimate of drug-likeness (QED) is 0.583. The van der Waals surface area contributed by atoms with Crippen molar-refractivity contribution in [2.45, 2.75) is 19.1 Å². The van der Waals surface area contributed by atoms with Gasteiger partial charge < -0.3 is 15.4 Å². The van der Waals surface area contributed by atoms with Gasteiger partial charge in [-0.05, 0) is 42.0 Å². The van der Waals surface area contributed by atoms with Crippen molar-refractivity contribution in [1.82, 2.24) is 5.32 Å². The van der Waals surface area contributed by atoms with Crippen molar-refractivity contribution in [3.8, 4) is 5.75 Å². The van der Waals surface area contributed by atoms with Crippen LogP contribution < -0.4 is 15.4 Å². The highest BCUT2D eigenvalue weighted by atomic mass is 19.3. The Morgan fingerprint density at radius 3 is 2.03 bits per heavy atom. The molecule has 0 bridgehead atoms. The Hall–Kier alpha value is -3.74. The molecular weight excluding hydrogens is 390 g/mol. The van der Waals surface area contributed by atoms with E-state index in [0.29, 0.717) is 11.3 Å². The number of anilines is 1. The lowest BCUT2D eigenvalue weighted by Crippen LogP contribution is -2.45. The molecule has 0 saturated heterocycles. The summed E-state index contributed by atoms with van der Waals surface area (Å²) in [6.07, 6.45) is 0.290. The van der Waals surface area contributed by atoms with Crippen LogP contribution in [0.25, 0.3) is 0 Å². The van der Waals surface area contributed by atoms with Gasteiger partial charge in [-0.1, -0.05) is 48.5 Å². The number of carbonyl (C=O) groups is 2. The van der Waals surface area contributed by atoms with Crippen LogP contribution in [0.15, 0.2) is 84.9 Å². The van der Waals surface area contributed by atoms with Crippen LogP contribution in [0.3, 0.4) is 0 Å². The highest BCUT2D eigenvalue weighted by Gasteiger charge is 2.22. The molecule has 3 aromatic carbocycles. The van der Waals surface area contributed by atoms with E-state index in [4.69, 9.17) is 0 Å². The number of benzene rings is 3. The van der Waals surface area contributed by atoms with E-state index in [0.717, 1.165) is 5.56 Å². The van der Waals surface area contributed by atoms with Crippen LogP contribution in [0.2, 0.25) is 0 Å². The van der Waals surface area contributed by atoms with Gasteiger partial charge in [-0.3, -0.25) is 9.59 Å². The Balaban J connectivity index is 1.73. The lowest BCUT2D eigenvalue weighted by molar-refractivity contribution is -0.118. The van der Waals surface area contributed by atoms with E-state index in [1.54, 1.807) is 30.3 Å². The Labute approximate surface area is 172 Å². The molecular formula is C23H20F2N2O3. The average molecular weight is 410 g/mol. The summed E-state index contributed by atoms with van der Waals surface area (Å²) in [6, 6.07) is 22.6. The second-order valence-electron chi connectivity index (χ2n) is 6.47. The van der Waals surface area contributed by atoms with Crippen LogP contribution in [0.4, 0.5) is 14.5 Å². The van der Waals surface area contributed by atoms with Gasteiger partial charge in [0, 0.05) is 17.7 Å². The molecule has 1 unspecified atom stereocenters. The summed E-state index contributed by atoms with van der Waals surface area (Å²) in [6.45, 7) is -2.92. The Morgan fingerprint density at radius 2 is 1.43 bits per heavy atom. The fourth-order valence-corrected chi connectivity index (χ4v) is 2.84. The molecule has 0 fully saturated rings. The molecule has 0 aromatic heterocycles. The van der Waals surface area contributed by atoms with Crippen molar-refractivity contribution in [2.75, 3.05) is 5.32 Å². The summed E-state index contributed by atoms with van der Waals surface area (Å²) in [4.78, 5) is 25.4. The first kappa shape index (κ1) is 21.0.